The molecule has 0 saturated heterocycles. The molecule has 1 heteroatoms. The molecule has 23 heavy (non-hydrogen) atoms. The highest BCUT2D eigenvalue weighted by Gasteiger charge is 2.23. The van der Waals surface area contributed by atoms with E-state index in [9.17, 15) is 4.39 Å². The van der Waals surface area contributed by atoms with Gasteiger partial charge in [-0.2, -0.15) is 0 Å². The van der Waals surface area contributed by atoms with Crippen LogP contribution < -0.4 is 0 Å². The third kappa shape index (κ3) is 2.76. The number of rotatable bonds is 2. The largest absolute Gasteiger partial charge is 0.207 e. The smallest absolute Gasteiger partial charge is 0.126 e. The molecule has 1 aliphatic rings. The maximum Gasteiger partial charge on any atom is 0.126 e. The molecule has 0 N–H and O–H groups in total. The SMILES string of the molecule is C=C(C1=CCc2cc(C)c(F)cc2C1C)c1ccc(C)c(C)c1. The molecule has 0 fully saturated rings. The maximum absolute atomic E-state index is 14.0. The van der Waals surface area contributed by atoms with Gasteiger partial charge in [0.05, 0.1) is 0 Å². The minimum Gasteiger partial charge on any atom is -0.207 e. The Labute approximate surface area is 138 Å². The zero-order valence-corrected chi connectivity index (χ0v) is 14.3. The lowest BCUT2D eigenvalue weighted by atomic mass is 9.78. The molecule has 0 bridgehead atoms. The van der Waals surface area contributed by atoms with Crippen LogP contribution >= 0.6 is 0 Å². The molecule has 1 unspecified atom stereocenters. The minimum atomic E-state index is -0.117. The third-order valence-corrected chi connectivity index (χ3v) is 5.10. The first-order chi connectivity index (χ1) is 10.9. The Morgan fingerprint density at radius 2 is 1.78 bits per heavy atom. The highest BCUT2D eigenvalue weighted by molar-refractivity contribution is 5.80. The van der Waals surface area contributed by atoms with Crippen molar-refractivity contribution in [3.63, 3.8) is 0 Å². The number of benzene rings is 2. The van der Waals surface area contributed by atoms with E-state index in [2.05, 4.69) is 51.6 Å². The average molecular weight is 306 g/mol. The van der Waals surface area contributed by atoms with E-state index in [1.54, 1.807) is 6.07 Å². The van der Waals surface area contributed by atoms with Gasteiger partial charge >= 0.3 is 0 Å². The van der Waals surface area contributed by atoms with Crippen LogP contribution in [0.4, 0.5) is 4.39 Å². The van der Waals surface area contributed by atoms with Gasteiger partial charge in [0, 0.05) is 5.92 Å². The Balaban J connectivity index is 1.98. The van der Waals surface area contributed by atoms with Crippen LogP contribution in [0.5, 0.6) is 0 Å². The normalized spacial score (nSPS) is 16.7. The standard InChI is InChI=1S/C22H23F/c1-13-6-7-18(10-14(13)2)16(4)20-9-8-19-11-15(3)22(23)12-21(19)17(20)5/h6-7,9-12,17H,4,8H2,1-3,5H3. The molecular formula is C22H23F. The summed E-state index contributed by atoms with van der Waals surface area (Å²) >= 11 is 0. The number of halogens is 1. The van der Waals surface area contributed by atoms with Crippen molar-refractivity contribution >= 4 is 5.57 Å². The maximum atomic E-state index is 14.0. The Morgan fingerprint density at radius 1 is 1.04 bits per heavy atom. The molecule has 1 atom stereocenters. The van der Waals surface area contributed by atoms with E-state index in [0.29, 0.717) is 0 Å². The van der Waals surface area contributed by atoms with E-state index in [0.717, 1.165) is 28.7 Å². The topological polar surface area (TPSA) is 0 Å². The molecule has 0 aliphatic heterocycles. The van der Waals surface area contributed by atoms with E-state index in [-0.39, 0.29) is 11.7 Å². The predicted molar refractivity (Wildman–Crippen MR) is 96.3 cm³/mol. The van der Waals surface area contributed by atoms with Gasteiger partial charge < -0.3 is 0 Å². The lowest BCUT2D eigenvalue weighted by Gasteiger charge is -2.26. The number of aryl methyl sites for hydroxylation is 3. The van der Waals surface area contributed by atoms with Crippen molar-refractivity contribution in [2.24, 2.45) is 0 Å². The first-order valence-electron chi connectivity index (χ1n) is 8.14. The van der Waals surface area contributed by atoms with E-state index in [1.807, 2.05) is 13.0 Å². The van der Waals surface area contributed by atoms with Crippen molar-refractivity contribution < 1.29 is 4.39 Å². The summed E-state index contributed by atoms with van der Waals surface area (Å²) in [7, 11) is 0. The van der Waals surface area contributed by atoms with E-state index in [1.165, 1.54) is 22.3 Å². The zero-order chi connectivity index (χ0) is 16.7. The molecule has 2 aromatic carbocycles. The van der Waals surface area contributed by atoms with E-state index >= 15 is 0 Å². The van der Waals surface area contributed by atoms with Gasteiger partial charge in [0.25, 0.3) is 0 Å². The van der Waals surface area contributed by atoms with Gasteiger partial charge in [-0.25, -0.2) is 4.39 Å². The number of hydrogen-bond donors (Lipinski definition) is 0. The molecule has 0 amide bonds. The lowest BCUT2D eigenvalue weighted by molar-refractivity contribution is 0.613. The number of allylic oxidation sites excluding steroid dienone is 3. The fourth-order valence-electron chi connectivity index (χ4n) is 3.38. The quantitative estimate of drug-likeness (QED) is 0.633. The fourth-order valence-corrected chi connectivity index (χ4v) is 3.38. The van der Waals surface area contributed by atoms with Gasteiger partial charge in [0.2, 0.25) is 0 Å². The van der Waals surface area contributed by atoms with Gasteiger partial charge in [-0.05, 0) is 77.8 Å². The van der Waals surface area contributed by atoms with E-state index in [4.69, 9.17) is 0 Å². The summed E-state index contributed by atoms with van der Waals surface area (Å²) in [5, 5.41) is 0. The molecule has 0 saturated carbocycles. The molecule has 0 aromatic heterocycles. The van der Waals surface area contributed by atoms with Crippen LogP contribution in [-0.4, -0.2) is 0 Å². The predicted octanol–water partition coefficient (Wildman–Crippen LogP) is 6.05. The highest BCUT2D eigenvalue weighted by atomic mass is 19.1. The van der Waals surface area contributed by atoms with E-state index < -0.39 is 0 Å². The minimum absolute atomic E-state index is 0.117. The number of fused-ring (bicyclic) bond motifs is 1. The molecule has 0 spiro atoms. The molecule has 1 aliphatic carbocycles. The van der Waals surface area contributed by atoms with Crippen LogP contribution in [0.25, 0.3) is 5.57 Å². The second-order valence-electron chi connectivity index (χ2n) is 6.66. The van der Waals surface area contributed by atoms with Gasteiger partial charge in [-0.3, -0.25) is 0 Å². The summed E-state index contributed by atoms with van der Waals surface area (Å²) in [4.78, 5) is 0. The van der Waals surface area contributed by atoms with Crippen LogP contribution in [0, 0.1) is 26.6 Å². The molecule has 2 aromatic rings. The van der Waals surface area contributed by atoms with Crippen LogP contribution in [0.3, 0.4) is 0 Å². The molecule has 0 nitrogen and oxygen atoms in total. The third-order valence-electron chi connectivity index (χ3n) is 5.10. The molecule has 118 valence electrons. The van der Waals surface area contributed by atoms with Crippen molar-refractivity contribution in [1.82, 2.24) is 0 Å². The summed E-state index contributed by atoms with van der Waals surface area (Å²) in [6, 6.07) is 10.1. The van der Waals surface area contributed by atoms with Gasteiger partial charge in [0.15, 0.2) is 0 Å². The summed E-state index contributed by atoms with van der Waals surface area (Å²) in [6.45, 7) is 12.5. The lowest BCUT2D eigenvalue weighted by Crippen LogP contribution is -2.10. The zero-order valence-electron chi connectivity index (χ0n) is 14.3. The van der Waals surface area contributed by atoms with Crippen LogP contribution in [0.2, 0.25) is 0 Å². The van der Waals surface area contributed by atoms with Crippen molar-refractivity contribution in [2.45, 2.75) is 40.0 Å². The molecule has 0 radical (unpaired) electrons. The summed E-state index contributed by atoms with van der Waals surface area (Å²) in [5.74, 6) is 0.0524. The summed E-state index contributed by atoms with van der Waals surface area (Å²) in [5.41, 5.74) is 9.02. The van der Waals surface area contributed by atoms with Gasteiger partial charge in [-0.1, -0.05) is 43.8 Å². The van der Waals surface area contributed by atoms with Crippen molar-refractivity contribution in [1.29, 1.82) is 0 Å². The molecule has 0 heterocycles. The highest BCUT2D eigenvalue weighted by Crippen LogP contribution is 2.39. The first-order valence-corrected chi connectivity index (χ1v) is 8.14. The fraction of sp³-hybridized carbons (Fsp3) is 0.273. The van der Waals surface area contributed by atoms with Crippen LogP contribution in [0.1, 0.15) is 46.2 Å². The molecular weight excluding hydrogens is 283 g/mol. The number of hydrogen-bond acceptors (Lipinski definition) is 0. The average Bonchev–Trinajstić information content (AvgIpc) is 2.52. The Kier molecular flexibility index (Phi) is 3.97. The first kappa shape index (κ1) is 15.7. The second-order valence-corrected chi connectivity index (χ2v) is 6.66. The van der Waals surface area contributed by atoms with Gasteiger partial charge in [-0.15, -0.1) is 0 Å². The molecule has 3 rings (SSSR count). The van der Waals surface area contributed by atoms with Crippen molar-refractivity contribution in [2.75, 3.05) is 0 Å². The Morgan fingerprint density at radius 3 is 2.48 bits per heavy atom. The summed E-state index contributed by atoms with van der Waals surface area (Å²) in [6.07, 6.45) is 3.10. The second kappa shape index (κ2) is 5.81. The Hall–Kier alpha value is -2.15. The monoisotopic (exact) mass is 306 g/mol. The van der Waals surface area contributed by atoms with Gasteiger partial charge in [0.1, 0.15) is 5.82 Å². The Bertz CT molecular complexity index is 824. The summed E-state index contributed by atoms with van der Waals surface area (Å²) < 4.78 is 14.0. The van der Waals surface area contributed by atoms with Crippen LogP contribution in [0.15, 0.2) is 48.6 Å². The van der Waals surface area contributed by atoms with Crippen molar-refractivity contribution in [3.05, 3.63) is 87.8 Å². The van der Waals surface area contributed by atoms with Crippen molar-refractivity contribution in [3.8, 4) is 0 Å². The van der Waals surface area contributed by atoms with Crippen LogP contribution in [-0.2, 0) is 6.42 Å².